The Hall–Kier alpha value is -1.88. The summed E-state index contributed by atoms with van der Waals surface area (Å²) in [5, 5.41) is 2.97. The highest BCUT2D eigenvalue weighted by atomic mass is 16.2. The molecule has 0 aromatic heterocycles. The van der Waals surface area contributed by atoms with E-state index in [1.807, 2.05) is 0 Å². The van der Waals surface area contributed by atoms with Gasteiger partial charge in [-0.2, -0.15) is 0 Å². The molecule has 136 valence electrons. The molecule has 1 N–H and O–H groups in total. The van der Waals surface area contributed by atoms with Crippen LogP contribution >= 0.6 is 0 Å². The van der Waals surface area contributed by atoms with Gasteiger partial charge < -0.3 is 10.2 Å². The number of amides is 2. The van der Waals surface area contributed by atoms with Crippen LogP contribution < -0.4 is 5.32 Å². The molecule has 3 rings (SSSR count). The molecule has 5 heteroatoms. The summed E-state index contributed by atoms with van der Waals surface area (Å²) in [7, 11) is 3.46. The highest BCUT2D eigenvalue weighted by Crippen LogP contribution is 2.39. The normalized spacial score (nSPS) is 26.1. The molecule has 2 aliphatic rings. The van der Waals surface area contributed by atoms with Gasteiger partial charge in [0.05, 0.1) is 6.54 Å². The Morgan fingerprint density at radius 3 is 2.52 bits per heavy atom. The van der Waals surface area contributed by atoms with Crippen LogP contribution in [-0.2, 0) is 4.79 Å². The number of anilines is 1. The van der Waals surface area contributed by atoms with E-state index in [0.717, 1.165) is 11.6 Å². The Bertz CT molecular complexity index is 626. The molecule has 2 amide bonds. The van der Waals surface area contributed by atoms with Crippen molar-refractivity contribution in [2.75, 3.05) is 26.0 Å². The Morgan fingerprint density at radius 2 is 1.84 bits per heavy atom. The van der Waals surface area contributed by atoms with Crippen LogP contribution in [0, 0.1) is 5.92 Å². The second-order valence-electron chi connectivity index (χ2n) is 7.69. The second-order valence-corrected chi connectivity index (χ2v) is 7.69. The van der Waals surface area contributed by atoms with E-state index in [4.69, 9.17) is 0 Å². The Morgan fingerprint density at radius 1 is 1.16 bits per heavy atom. The Balaban J connectivity index is 1.58. The predicted molar refractivity (Wildman–Crippen MR) is 99.6 cm³/mol. The molecule has 1 heterocycles. The van der Waals surface area contributed by atoms with Crippen molar-refractivity contribution < 1.29 is 9.59 Å². The SMILES string of the molecule is C[C@@H]1C[C@@H]2CCCC[C@H]2N1CC(=O)Nc1ccc(C(=O)N(C)C)cc1. The minimum absolute atomic E-state index is 0.0322. The van der Waals surface area contributed by atoms with Crippen molar-refractivity contribution in [3.8, 4) is 0 Å². The summed E-state index contributed by atoms with van der Waals surface area (Å²) in [5.41, 5.74) is 1.37. The van der Waals surface area contributed by atoms with E-state index in [-0.39, 0.29) is 11.8 Å². The first-order valence-electron chi connectivity index (χ1n) is 9.33. The lowest BCUT2D eigenvalue weighted by Crippen LogP contribution is -2.42. The van der Waals surface area contributed by atoms with E-state index in [1.54, 1.807) is 43.3 Å². The highest BCUT2D eigenvalue weighted by molar-refractivity contribution is 5.96. The highest BCUT2D eigenvalue weighted by Gasteiger charge is 2.40. The van der Waals surface area contributed by atoms with E-state index in [0.29, 0.717) is 24.2 Å². The number of nitrogens with zero attached hydrogens (tertiary/aromatic N) is 2. The molecule has 3 atom stereocenters. The molecule has 1 aliphatic heterocycles. The molecule has 25 heavy (non-hydrogen) atoms. The topological polar surface area (TPSA) is 52.7 Å². The average Bonchev–Trinajstić information content (AvgIpc) is 2.90. The summed E-state index contributed by atoms with van der Waals surface area (Å²) < 4.78 is 0. The van der Waals surface area contributed by atoms with Gasteiger partial charge in [0.25, 0.3) is 5.91 Å². The van der Waals surface area contributed by atoms with Crippen molar-refractivity contribution >= 4 is 17.5 Å². The van der Waals surface area contributed by atoms with Crippen LogP contribution in [0.3, 0.4) is 0 Å². The zero-order valence-electron chi connectivity index (χ0n) is 15.5. The lowest BCUT2D eigenvalue weighted by atomic mass is 9.85. The first-order chi connectivity index (χ1) is 12.0. The van der Waals surface area contributed by atoms with Crippen LogP contribution in [0.5, 0.6) is 0 Å². The molecule has 1 saturated heterocycles. The molecule has 1 aromatic carbocycles. The molecule has 2 fully saturated rings. The molecule has 1 saturated carbocycles. The van der Waals surface area contributed by atoms with Crippen LogP contribution in [0.1, 0.15) is 49.4 Å². The fraction of sp³-hybridized carbons (Fsp3) is 0.600. The minimum Gasteiger partial charge on any atom is -0.345 e. The minimum atomic E-state index is -0.0351. The van der Waals surface area contributed by atoms with Crippen molar-refractivity contribution in [2.24, 2.45) is 5.92 Å². The summed E-state index contributed by atoms with van der Waals surface area (Å²) in [4.78, 5) is 28.3. The maximum atomic E-state index is 12.5. The van der Waals surface area contributed by atoms with Gasteiger partial charge in [0.15, 0.2) is 0 Å². The fourth-order valence-corrected chi connectivity index (χ4v) is 4.39. The summed E-state index contributed by atoms with van der Waals surface area (Å²) in [5.74, 6) is 0.768. The molecular formula is C20H29N3O2. The molecule has 0 bridgehead atoms. The first kappa shape index (κ1) is 17.9. The van der Waals surface area contributed by atoms with E-state index < -0.39 is 0 Å². The quantitative estimate of drug-likeness (QED) is 0.914. The van der Waals surface area contributed by atoms with Crippen molar-refractivity contribution in [2.45, 2.75) is 51.1 Å². The van der Waals surface area contributed by atoms with E-state index >= 15 is 0 Å². The first-order valence-corrected chi connectivity index (χ1v) is 9.33. The second kappa shape index (κ2) is 7.56. The van der Waals surface area contributed by atoms with Gasteiger partial charge in [-0.3, -0.25) is 14.5 Å². The maximum Gasteiger partial charge on any atom is 0.253 e. The molecule has 5 nitrogen and oxygen atoms in total. The van der Waals surface area contributed by atoms with Crippen LogP contribution in [0.4, 0.5) is 5.69 Å². The van der Waals surface area contributed by atoms with Crippen LogP contribution in [0.15, 0.2) is 24.3 Å². The number of benzene rings is 1. The van der Waals surface area contributed by atoms with Crippen molar-refractivity contribution in [3.05, 3.63) is 29.8 Å². The van der Waals surface area contributed by atoms with Gasteiger partial charge in [0.2, 0.25) is 5.91 Å². The van der Waals surface area contributed by atoms with Crippen LogP contribution in [0.25, 0.3) is 0 Å². The maximum absolute atomic E-state index is 12.5. The van der Waals surface area contributed by atoms with Gasteiger partial charge in [-0.1, -0.05) is 12.8 Å². The molecule has 1 aliphatic carbocycles. The average molecular weight is 343 g/mol. The Labute approximate surface area is 150 Å². The molecular weight excluding hydrogens is 314 g/mol. The van der Waals surface area contributed by atoms with Gasteiger partial charge in [-0.25, -0.2) is 0 Å². The molecule has 0 radical (unpaired) electrons. The zero-order valence-corrected chi connectivity index (χ0v) is 15.5. The van der Waals surface area contributed by atoms with Gasteiger partial charge >= 0.3 is 0 Å². The summed E-state index contributed by atoms with van der Waals surface area (Å²) in [6.45, 7) is 2.70. The van der Waals surface area contributed by atoms with E-state index in [1.165, 1.54) is 32.1 Å². The summed E-state index contributed by atoms with van der Waals surface area (Å²) in [6.07, 6.45) is 6.39. The van der Waals surface area contributed by atoms with Crippen LogP contribution in [-0.4, -0.2) is 54.3 Å². The van der Waals surface area contributed by atoms with Gasteiger partial charge in [-0.05, 0) is 56.4 Å². The monoisotopic (exact) mass is 343 g/mol. The zero-order chi connectivity index (χ0) is 18.0. The standard InChI is InChI=1S/C20H29N3O2/c1-14-12-16-6-4-5-7-18(16)23(14)13-19(24)21-17-10-8-15(9-11-17)20(25)22(2)3/h8-11,14,16,18H,4-7,12-13H2,1-3H3,(H,21,24)/t14-,16+,18-/m1/s1. The predicted octanol–water partition coefficient (Wildman–Crippen LogP) is 2.98. The molecule has 0 unspecified atom stereocenters. The van der Waals surface area contributed by atoms with Gasteiger partial charge in [-0.15, -0.1) is 0 Å². The molecule has 1 aromatic rings. The van der Waals surface area contributed by atoms with Gasteiger partial charge in [0, 0.05) is 37.4 Å². The lowest BCUT2D eigenvalue weighted by molar-refractivity contribution is -0.118. The van der Waals surface area contributed by atoms with Gasteiger partial charge in [0.1, 0.15) is 0 Å². The number of hydrogen-bond donors (Lipinski definition) is 1. The fourth-order valence-electron chi connectivity index (χ4n) is 4.39. The van der Waals surface area contributed by atoms with Crippen LogP contribution in [0.2, 0.25) is 0 Å². The smallest absolute Gasteiger partial charge is 0.253 e. The molecule has 0 spiro atoms. The number of hydrogen-bond acceptors (Lipinski definition) is 3. The number of likely N-dealkylation sites (tertiary alicyclic amines) is 1. The summed E-state index contributed by atoms with van der Waals surface area (Å²) >= 11 is 0. The number of nitrogens with one attached hydrogen (secondary N) is 1. The van der Waals surface area contributed by atoms with E-state index in [2.05, 4.69) is 17.1 Å². The lowest BCUT2D eigenvalue weighted by Gasteiger charge is -2.32. The third-order valence-corrected chi connectivity index (χ3v) is 5.65. The van der Waals surface area contributed by atoms with Crippen molar-refractivity contribution in [1.82, 2.24) is 9.80 Å². The third kappa shape index (κ3) is 4.03. The third-order valence-electron chi connectivity index (χ3n) is 5.65. The summed E-state index contributed by atoms with van der Waals surface area (Å²) in [6, 6.07) is 8.17. The van der Waals surface area contributed by atoms with E-state index in [9.17, 15) is 9.59 Å². The van der Waals surface area contributed by atoms with Crippen molar-refractivity contribution in [1.29, 1.82) is 0 Å². The number of fused-ring (bicyclic) bond motifs is 1. The van der Waals surface area contributed by atoms with Crippen molar-refractivity contribution in [3.63, 3.8) is 0 Å². The Kier molecular flexibility index (Phi) is 5.42. The number of rotatable bonds is 4. The number of carbonyl (C=O) groups excluding carboxylic acids is 2. The number of carbonyl (C=O) groups is 2. The largest absolute Gasteiger partial charge is 0.345 e.